The maximum Gasteiger partial charge on any atom is 0.294 e. The molecule has 0 spiro atoms. The number of aryl methyl sites for hydroxylation is 2. The summed E-state index contributed by atoms with van der Waals surface area (Å²) in [5, 5.41) is 5.35. The fourth-order valence-electron chi connectivity index (χ4n) is 3.76. The summed E-state index contributed by atoms with van der Waals surface area (Å²) in [6.45, 7) is 3.09. The van der Waals surface area contributed by atoms with Gasteiger partial charge in [-0.2, -0.15) is 0 Å². The number of benzene rings is 3. The Hall–Kier alpha value is -4.28. The molecule has 4 amide bonds. The van der Waals surface area contributed by atoms with Crippen LogP contribution < -0.4 is 20.1 Å². The molecule has 0 bridgehead atoms. The molecular weight excluding hydrogens is 554 g/mol. The van der Waals surface area contributed by atoms with Gasteiger partial charge in [0.05, 0.1) is 12.0 Å². The van der Waals surface area contributed by atoms with Gasteiger partial charge in [0.1, 0.15) is 6.54 Å². The second kappa shape index (κ2) is 12.7. The van der Waals surface area contributed by atoms with E-state index < -0.39 is 23.6 Å². The molecule has 4 rings (SSSR count). The highest BCUT2D eigenvalue weighted by atomic mass is 35.5. The molecule has 0 atom stereocenters. The fraction of sp³-hybridized carbons (Fsp3) is 0.172. The molecule has 0 aliphatic carbocycles. The number of methoxy groups -OCH3 is 1. The van der Waals surface area contributed by atoms with Gasteiger partial charge in [-0.15, -0.1) is 0 Å². The van der Waals surface area contributed by atoms with Crippen LogP contribution in [0.5, 0.6) is 11.5 Å². The van der Waals surface area contributed by atoms with Crippen molar-refractivity contribution in [3.05, 3.63) is 87.3 Å². The third-order valence-electron chi connectivity index (χ3n) is 5.78. The molecule has 1 aliphatic heterocycles. The third kappa shape index (κ3) is 7.22. The lowest BCUT2D eigenvalue weighted by atomic mass is 10.2. The summed E-state index contributed by atoms with van der Waals surface area (Å²) in [7, 11) is 1.45. The molecule has 1 heterocycles. The van der Waals surface area contributed by atoms with Crippen LogP contribution in [-0.2, 0) is 14.4 Å². The van der Waals surface area contributed by atoms with Gasteiger partial charge in [-0.25, -0.2) is 0 Å². The minimum absolute atomic E-state index is 0.157. The Morgan fingerprint density at radius 1 is 0.950 bits per heavy atom. The molecule has 0 aromatic heterocycles. The number of carbonyl (C=O) groups is 4. The number of amides is 4. The third-order valence-corrected chi connectivity index (χ3v) is 7.09. The van der Waals surface area contributed by atoms with E-state index in [0.717, 1.165) is 27.8 Å². The molecule has 0 saturated carbocycles. The second-order valence-corrected chi connectivity index (χ2v) is 10.3. The quantitative estimate of drug-likeness (QED) is 0.314. The van der Waals surface area contributed by atoms with Crippen LogP contribution >= 0.6 is 23.4 Å². The number of nitrogens with zero attached hydrogens (tertiary/aromatic N) is 1. The standard InChI is InChI=1S/C29H26ClN3O6S/c1-17-5-4-6-20(11-17)32-27(35)16-39-23-10-8-19(12-24(23)38-3)13-25-28(36)33(29(37)40-25)15-26(34)31-21-9-7-18(2)22(30)14-21/h4-14H,15-16H2,1-3H3,(H,31,34)(H,32,35)/b25-13+. The predicted molar refractivity (Wildman–Crippen MR) is 156 cm³/mol. The van der Waals surface area contributed by atoms with E-state index in [1.54, 1.807) is 42.5 Å². The summed E-state index contributed by atoms with van der Waals surface area (Å²) in [6.07, 6.45) is 1.53. The summed E-state index contributed by atoms with van der Waals surface area (Å²) in [5.41, 5.74) is 3.57. The Morgan fingerprint density at radius 2 is 1.70 bits per heavy atom. The van der Waals surface area contributed by atoms with Gasteiger partial charge in [-0.3, -0.25) is 24.1 Å². The van der Waals surface area contributed by atoms with Crippen LogP contribution in [0.3, 0.4) is 0 Å². The zero-order chi connectivity index (χ0) is 28.8. The number of rotatable bonds is 9. The van der Waals surface area contributed by atoms with Gasteiger partial charge in [0.25, 0.3) is 17.1 Å². The average molecular weight is 580 g/mol. The van der Waals surface area contributed by atoms with E-state index in [4.69, 9.17) is 21.1 Å². The molecule has 1 aliphatic rings. The lowest BCUT2D eigenvalue weighted by Crippen LogP contribution is -2.36. The number of hydrogen-bond donors (Lipinski definition) is 2. The van der Waals surface area contributed by atoms with Crippen molar-refractivity contribution in [2.45, 2.75) is 13.8 Å². The molecule has 9 nitrogen and oxygen atoms in total. The molecule has 40 heavy (non-hydrogen) atoms. The highest BCUT2D eigenvalue weighted by molar-refractivity contribution is 8.18. The van der Waals surface area contributed by atoms with Crippen LogP contribution in [-0.4, -0.2) is 48.1 Å². The zero-order valence-corrected chi connectivity index (χ0v) is 23.5. The number of thioether (sulfide) groups is 1. The normalized spacial score (nSPS) is 13.9. The number of nitrogens with one attached hydrogen (secondary N) is 2. The van der Waals surface area contributed by atoms with Crippen LogP contribution in [0.15, 0.2) is 65.6 Å². The first-order valence-electron chi connectivity index (χ1n) is 12.1. The fourth-order valence-corrected chi connectivity index (χ4v) is 4.78. The van der Waals surface area contributed by atoms with E-state index in [9.17, 15) is 19.2 Å². The Morgan fingerprint density at radius 3 is 2.42 bits per heavy atom. The smallest absolute Gasteiger partial charge is 0.294 e. The van der Waals surface area contributed by atoms with Crippen molar-refractivity contribution in [2.24, 2.45) is 0 Å². The molecule has 3 aromatic carbocycles. The Labute approximate surface area is 240 Å². The van der Waals surface area contributed by atoms with Crippen molar-refractivity contribution in [2.75, 3.05) is 30.9 Å². The number of anilines is 2. The lowest BCUT2D eigenvalue weighted by Gasteiger charge is -2.13. The number of imide groups is 1. The first-order chi connectivity index (χ1) is 19.1. The molecule has 0 radical (unpaired) electrons. The predicted octanol–water partition coefficient (Wildman–Crippen LogP) is 5.66. The summed E-state index contributed by atoms with van der Waals surface area (Å²) in [6, 6.07) is 17.3. The van der Waals surface area contributed by atoms with Crippen LogP contribution in [0, 0.1) is 13.8 Å². The van der Waals surface area contributed by atoms with Gasteiger partial charge in [-0.1, -0.05) is 35.9 Å². The molecule has 206 valence electrons. The van der Waals surface area contributed by atoms with Gasteiger partial charge in [0.2, 0.25) is 5.91 Å². The van der Waals surface area contributed by atoms with E-state index in [1.165, 1.54) is 13.2 Å². The Bertz CT molecular complexity index is 1520. The summed E-state index contributed by atoms with van der Waals surface area (Å²) in [4.78, 5) is 51.2. The highest BCUT2D eigenvalue weighted by Gasteiger charge is 2.36. The first-order valence-corrected chi connectivity index (χ1v) is 13.3. The van der Waals surface area contributed by atoms with Gasteiger partial charge in [-0.05, 0) is 84.8 Å². The summed E-state index contributed by atoms with van der Waals surface area (Å²) >= 11 is 6.83. The number of ether oxygens (including phenoxy) is 2. The first kappa shape index (κ1) is 28.7. The highest BCUT2D eigenvalue weighted by Crippen LogP contribution is 2.34. The summed E-state index contributed by atoms with van der Waals surface area (Å²) < 4.78 is 11.0. The van der Waals surface area contributed by atoms with E-state index in [0.29, 0.717) is 33.5 Å². The number of hydrogen-bond acceptors (Lipinski definition) is 7. The minimum atomic E-state index is -0.584. The van der Waals surface area contributed by atoms with Crippen molar-refractivity contribution < 1.29 is 28.7 Å². The maximum atomic E-state index is 12.9. The van der Waals surface area contributed by atoms with Gasteiger partial charge < -0.3 is 20.1 Å². The second-order valence-electron chi connectivity index (χ2n) is 8.90. The molecule has 1 fully saturated rings. The molecule has 0 unspecified atom stereocenters. The van der Waals surface area contributed by atoms with Crippen LogP contribution in [0.4, 0.5) is 16.2 Å². The zero-order valence-electron chi connectivity index (χ0n) is 21.9. The van der Waals surface area contributed by atoms with Crippen LogP contribution in [0.1, 0.15) is 16.7 Å². The molecule has 3 aromatic rings. The SMILES string of the molecule is COc1cc(/C=C2/SC(=O)N(CC(=O)Nc3ccc(C)c(Cl)c3)C2=O)ccc1OCC(=O)Nc1cccc(C)c1. The van der Waals surface area contributed by atoms with Crippen LogP contribution in [0.2, 0.25) is 5.02 Å². The lowest BCUT2D eigenvalue weighted by molar-refractivity contribution is -0.127. The molecule has 11 heteroatoms. The molecular formula is C29H26ClN3O6S. The number of carbonyl (C=O) groups excluding carboxylic acids is 4. The van der Waals surface area contributed by atoms with Crippen molar-refractivity contribution in [1.82, 2.24) is 4.90 Å². The maximum absolute atomic E-state index is 12.9. The Balaban J connectivity index is 1.38. The molecule has 2 N–H and O–H groups in total. The van der Waals surface area contributed by atoms with E-state index in [2.05, 4.69) is 10.6 Å². The number of halogens is 1. The van der Waals surface area contributed by atoms with E-state index in [1.807, 2.05) is 32.0 Å². The van der Waals surface area contributed by atoms with Gasteiger partial charge in [0.15, 0.2) is 18.1 Å². The van der Waals surface area contributed by atoms with Crippen molar-refractivity contribution in [1.29, 1.82) is 0 Å². The minimum Gasteiger partial charge on any atom is -0.493 e. The van der Waals surface area contributed by atoms with E-state index in [-0.39, 0.29) is 17.4 Å². The van der Waals surface area contributed by atoms with Crippen molar-refractivity contribution >= 4 is 63.8 Å². The van der Waals surface area contributed by atoms with E-state index >= 15 is 0 Å². The summed E-state index contributed by atoms with van der Waals surface area (Å²) in [5.74, 6) is -0.773. The topological polar surface area (TPSA) is 114 Å². The van der Waals surface area contributed by atoms with Gasteiger partial charge >= 0.3 is 0 Å². The molecule has 1 saturated heterocycles. The monoisotopic (exact) mass is 579 g/mol. The average Bonchev–Trinajstić information content (AvgIpc) is 3.17. The Kier molecular flexibility index (Phi) is 9.13. The van der Waals surface area contributed by atoms with Crippen LogP contribution in [0.25, 0.3) is 6.08 Å². The van der Waals surface area contributed by atoms with Gasteiger partial charge in [0, 0.05) is 16.4 Å². The largest absolute Gasteiger partial charge is 0.493 e. The van der Waals surface area contributed by atoms with Crippen molar-refractivity contribution in [3.8, 4) is 11.5 Å². The van der Waals surface area contributed by atoms with Crippen molar-refractivity contribution in [3.63, 3.8) is 0 Å².